The summed E-state index contributed by atoms with van der Waals surface area (Å²) in [5, 5.41) is 20.2. The third kappa shape index (κ3) is 9.60. The number of carbonyl (C=O) groups excluding carboxylic acids is 1. The van der Waals surface area contributed by atoms with Gasteiger partial charge in [-0.2, -0.15) is 0 Å². The van der Waals surface area contributed by atoms with E-state index < -0.39 is 42.1 Å². The van der Waals surface area contributed by atoms with Crippen molar-refractivity contribution in [2.45, 2.75) is 123 Å². The van der Waals surface area contributed by atoms with Crippen molar-refractivity contribution in [1.82, 2.24) is 0 Å². The number of hydrogen-bond donors (Lipinski definition) is 2. The molecule has 7 nitrogen and oxygen atoms in total. The maximum atomic E-state index is 12.1. The first kappa shape index (κ1) is 29.4. The Balaban J connectivity index is 1.72. The zero-order chi connectivity index (χ0) is 25.6. The first-order valence-electron chi connectivity index (χ1n) is 13.7. The van der Waals surface area contributed by atoms with Crippen LogP contribution in [0.3, 0.4) is 0 Å². The Labute approximate surface area is 210 Å². The molecule has 0 aliphatic carbocycles. The SMILES string of the molecule is CCCCCCCC/C=C\CCCCCCC(C(=O)O)C1=C(O)C(=O)OC1C1COC(C(C)C)O1. The molecular formula is C28H46O7. The second-order valence-corrected chi connectivity index (χ2v) is 10.2. The Hall–Kier alpha value is -1.86. The highest BCUT2D eigenvalue weighted by molar-refractivity contribution is 5.92. The van der Waals surface area contributed by atoms with Gasteiger partial charge in [0, 0.05) is 11.5 Å². The van der Waals surface area contributed by atoms with Gasteiger partial charge in [-0.1, -0.05) is 84.3 Å². The number of unbranched alkanes of at least 4 members (excludes halogenated alkanes) is 10. The van der Waals surface area contributed by atoms with Crippen molar-refractivity contribution in [2.24, 2.45) is 11.8 Å². The van der Waals surface area contributed by atoms with E-state index in [1.54, 1.807) is 0 Å². The summed E-state index contributed by atoms with van der Waals surface area (Å²) < 4.78 is 16.8. The number of rotatable bonds is 18. The third-order valence-electron chi connectivity index (χ3n) is 6.80. The Bertz CT molecular complexity index is 712. The van der Waals surface area contributed by atoms with Crippen LogP contribution in [0.15, 0.2) is 23.5 Å². The summed E-state index contributed by atoms with van der Waals surface area (Å²) in [5.41, 5.74) is 0.123. The van der Waals surface area contributed by atoms with Crippen LogP contribution in [0, 0.1) is 11.8 Å². The molecule has 0 amide bonds. The number of cyclic esters (lactones) is 1. The molecule has 0 spiro atoms. The maximum absolute atomic E-state index is 12.1. The normalized spacial score (nSPS) is 23.5. The van der Waals surface area contributed by atoms with Gasteiger partial charge in [0.15, 0.2) is 12.4 Å². The minimum Gasteiger partial charge on any atom is -0.502 e. The molecule has 0 aromatic carbocycles. The van der Waals surface area contributed by atoms with Crippen molar-refractivity contribution >= 4 is 11.9 Å². The molecule has 200 valence electrons. The van der Waals surface area contributed by atoms with Gasteiger partial charge in [0.25, 0.3) is 0 Å². The molecule has 1 fully saturated rings. The predicted octanol–water partition coefficient (Wildman–Crippen LogP) is 6.47. The van der Waals surface area contributed by atoms with Crippen LogP contribution < -0.4 is 0 Å². The number of ether oxygens (including phenoxy) is 3. The van der Waals surface area contributed by atoms with Crippen LogP contribution in [0.25, 0.3) is 0 Å². The Morgan fingerprint density at radius 3 is 2.17 bits per heavy atom. The van der Waals surface area contributed by atoms with Gasteiger partial charge in [0.2, 0.25) is 5.76 Å². The molecule has 0 saturated carbocycles. The van der Waals surface area contributed by atoms with Crippen LogP contribution in [0.5, 0.6) is 0 Å². The topological polar surface area (TPSA) is 102 Å². The van der Waals surface area contributed by atoms with Gasteiger partial charge in [-0.05, 0) is 32.1 Å². The van der Waals surface area contributed by atoms with Crippen LogP contribution in [-0.2, 0) is 23.8 Å². The van der Waals surface area contributed by atoms with Crippen LogP contribution in [0.4, 0.5) is 0 Å². The lowest BCUT2D eigenvalue weighted by Crippen LogP contribution is -2.35. The van der Waals surface area contributed by atoms with E-state index in [-0.39, 0.29) is 18.1 Å². The average Bonchev–Trinajstić information content (AvgIpc) is 3.42. The molecule has 7 heteroatoms. The molecule has 4 unspecified atom stereocenters. The Kier molecular flexibility index (Phi) is 13.4. The predicted molar refractivity (Wildman–Crippen MR) is 135 cm³/mol. The molecular weight excluding hydrogens is 448 g/mol. The van der Waals surface area contributed by atoms with Gasteiger partial charge in [-0.3, -0.25) is 4.79 Å². The van der Waals surface area contributed by atoms with Gasteiger partial charge >= 0.3 is 11.9 Å². The molecule has 2 heterocycles. The third-order valence-corrected chi connectivity index (χ3v) is 6.80. The lowest BCUT2D eigenvalue weighted by atomic mass is 9.87. The van der Waals surface area contributed by atoms with E-state index >= 15 is 0 Å². The van der Waals surface area contributed by atoms with Crippen LogP contribution in [0.1, 0.15) is 104 Å². The molecule has 2 aliphatic rings. The lowest BCUT2D eigenvalue weighted by Gasteiger charge is -2.23. The molecule has 4 atom stereocenters. The fourth-order valence-corrected chi connectivity index (χ4v) is 4.73. The van der Waals surface area contributed by atoms with Crippen molar-refractivity contribution in [2.75, 3.05) is 6.61 Å². The number of carbonyl (C=O) groups is 2. The molecule has 0 radical (unpaired) electrons. The zero-order valence-corrected chi connectivity index (χ0v) is 21.9. The quantitative estimate of drug-likeness (QED) is 0.128. The van der Waals surface area contributed by atoms with Crippen LogP contribution >= 0.6 is 0 Å². The maximum Gasteiger partial charge on any atom is 0.374 e. The van der Waals surface area contributed by atoms with E-state index in [1.807, 2.05) is 13.8 Å². The largest absolute Gasteiger partial charge is 0.502 e. The van der Waals surface area contributed by atoms with Crippen LogP contribution in [0.2, 0.25) is 0 Å². The summed E-state index contributed by atoms with van der Waals surface area (Å²) >= 11 is 0. The molecule has 0 bridgehead atoms. The first-order chi connectivity index (χ1) is 16.9. The zero-order valence-electron chi connectivity index (χ0n) is 21.9. The summed E-state index contributed by atoms with van der Waals surface area (Å²) in [6.07, 6.45) is 16.7. The number of aliphatic hydroxyl groups is 1. The molecule has 0 aromatic heterocycles. The summed E-state index contributed by atoms with van der Waals surface area (Å²) in [7, 11) is 0. The second kappa shape index (κ2) is 16.0. The van der Waals surface area contributed by atoms with Gasteiger partial charge < -0.3 is 24.4 Å². The number of carboxylic acids is 1. The number of esters is 1. The fourth-order valence-electron chi connectivity index (χ4n) is 4.73. The van der Waals surface area contributed by atoms with E-state index in [2.05, 4.69) is 19.1 Å². The van der Waals surface area contributed by atoms with Gasteiger partial charge in [-0.15, -0.1) is 0 Å². The van der Waals surface area contributed by atoms with Gasteiger partial charge in [0.05, 0.1) is 12.5 Å². The van der Waals surface area contributed by atoms with Crippen molar-refractivity contribution < 1.29 is 34.0 Å². The minimum absolute atomic E-state index is 0.110. The van der Waals surface area contributed by atoms with Crippen molar-refractivity contribution in [3.63, 3.8) is 0 Å². The monoisotopic (exact) mass is 494 g/mol. The van der Waals surface area contributed by atoms with E-state index in [0.717, 1.165) is 32.1 Å². The molecule has 2 N–H and O–H groups in total. The highest BCUT2D eigenvalue weighted by Crippen LogP contribution is 2.36. The molecule has 2 aliphatic heterocycles. The smallest absolute Gasteiger partial charge is 0.374 e. The number of carboxylic acid groups (broad SMARTS) is 1. The van der Waals surface area contributed by atoms with Crippen molar-refractivity contribution in [3.8, 4) is 0 Å². The van der Waals surface area contributed by atoms with Crippen molar-refractivity contribution in [1.29, 1.82) is 0 Å². The van der Waals surface area contributed by atoms with E-state index in [4.69, 9.17) is 14.2 Å². The highest BCUT2D eigenvalue weighted by Gasteiger charge is 2.48. The lowest BCUT2D eigenvalue weighted by molar-refractivity contribution is -0.151. The molecule has 1 saturated heterocycles. The minimum atomic E-state index is -1.06. The average molecular weight is 495 g/mol. The van der Waals surface area contributed by atoms with E-state index in [0.29, 0.717) is 12.8 Å². The second-order valence-electron chi connectivity index (χ2n) is 10.2. The first-order valence-corrected chi connectivity index (χ1v) is 13.7. The van der Waals surface area contributed by atoms with E-state index in [1.165, 1.54) is 38.5 Å². The van der Waals surface area contributed by atoms with Gasteiger partial charge in [0.1, 0.15) is 6.10 Å². The molecule has 35 heavy (non-hydrogen) atoms. The molecule has 2 rings (SSSR count). The van der Waals surface area contributed by atoms with Crippen LogP contribution in [-0.4, -0.2) is 47.3 Å². The number of aliphatic hydroxyl groups excluding tert-OH is 1. The number of aliphatic carboxylic acids is 1. The molecule has 0 aromatic rings. The summed E-state index contributed by atoms with van der Waals surface area (Å²) in [6, 6.07) is 0. The van der Waals surface area contributed by atoms with Crippen molar-refractivity contribution in [3.05, 3.63) is 23.5 Å². The summed E-state index contributed by atoms with van der Waals surface area (Å²) in [5.74, 6) is -3.41. The number of hydrogen-bond acceptors (Lipinski definition) is 6. The fraction of sp³-hybridized carbons (Fsp3) is 0.786. The Morgan fingerprint density at radius 2 is 1.60 bits per heavy atom. The summed E-state index contributed by atoms with van der Waals surface area (Å²) in [6.45, 7) is 6.33. The summed E-state index contributed by atoms with van der Waals surface area (Å²) in [4.78, 5) is 24.1. The Morgan fingerprint density at radius 1 is 1.00 bits per heavy atom. The van der Waals surface area contributed by atoms with E-state index in [9.17, 15) is 19.8 Å². The standard InChI is InChI=1S/C28H46O7/c1-4-5-6-7-8-9-10-11-12-13-14-15-16-17-18-21(26(30)31)23-24(29)27(32)35-25(23)22-19-33-28(34-22)20(2)3/h11-12,20-22,25,28-29H,4-10,13-19H2,1-3H3,(H,30,31)/b12-11-. The van der Waals surface area contributed by atoms with Gasteiger partial charge in [-0.25, -0.2) is 4.79 Å². The number of allylic oxidation sites excluding steroid dienone is 2. The highest BCUT2D eigenvalue weighted by atomic mass is 16.7.